The van der Waals surface area contributed by atoms with Crippen LogP contribution in [0.1, 0.15) is 12.8 Å². The van der Waals surface area contributed by atoms with Gasteiger partial charge in [-0.2, -0.15) is 4.98 Å². The lowest BCUT2D eigenvalue weighted by molar-refractivity contribution is 0.0851. The van der Waals surface area contributed by atoms with Gasteiger partial charge in [-0.15, -0.1) is 0 Å². The summed E-state index contributed by atoms with van der Waals surface area (Å²) in [5.41, 5.74) is 1.22. The van der Waals surface area contributed by atoms with Crippen LogP contribution in [0.2, 0.25) is 0 Å². The number of aromatic nitrogens is 1. The first kappa shape index (κ1) is 11.2. The highest BCUT2D eigenvalue weighted by atomic mass is 19.1. The van der Waals surface area contributed by atoms with Gasteiger partial charge in [-0.1, -0.05) is 0 Å². The number of fused-ring (bicyclic) bond motifs is 1. The Balaban J connectivity index is 1.71. The number of hydrogen-bond acceptors (Lipinski definition) is 4. The van der Waals surface area contributed by atoms with E-state index in [0.717, 1.165) is 13.2 Å². The number of anilines is 1. The van der Waals surface area contributed by atoms with E-state index >= 15 is 0 Å². The molecule has 1 aliphatic carbocycles. The van der Waals surface area contributed by atoms with Crippen molar-refractivity contribution in [3.8, 4) is 0 Å². The monoisotopic (exact) mass is 262 g/mol. The van der Waals surface area contributed by atoms with Gasteiger partial charge in [0, 0.05) is 12.6 Å². The number of oxazole rings is 1. The second-order valence-electron chi connectivity index (χ2n) is 5.28. The Morgan fingerprint density at radius 3 is 3.05 bits per heavy atom. The third-order valence-corrected chi connectivity index (χ3v) is 3.92. The summed E-state index contributed by atoms with van der Waals surface area (Å²) in [5.74, 6) is 0.403. The normalized spacial score (nSPS) is 24.1. The lowest BCUT2D eigenvalue weighted by Gasteiger charge is -2.34. The summed E-state index contributed by atoms with van der Waals surface area (Å²) in [6.45, 7) is 2.21. The predicted octanol–water partition coefficient (Wildman–Crippen LogP) is 2.58. The van der Waals surface area contributed by atoms with Crippen LogP contribution in [0.15, 0.2) is 22.6 Å². The number of rotatable bonds is 2. The molecule has 1 aromatic heterocycles. The molecule has 1 aliphatic heterocycles. The largest absolute Gasteiger partial charge is 0.423 e. The van der Waals surface area contributed by atoms with Gasteiger partial charge in [0.2, 0.25) is 0 Å². The average Bonchev–Trinajstić information content (AvgIpc) is 3.19. The van der Waals surface area contributed by atoms with Crippen LogP contribution in [0, 0.1) is 11.7 Å². The number of nitrogens with zero attached hydrogens (tertiary/aromatic N) is 2. The minimum absolute atomic E-state index is 0.284. The number of halogens is 1. The Labute approximate surface area is 110 Å². The fraction of sp³-hybridized carbons (Fsp3) is 0.500. The maximum atomic E-state index is 13.2. The van der Waals surface area contributed by atoms with Crippen LogP contribution in [0.4, 0.5) is 10.4 Å². The molecule has 2 heterocycles. The molecule has 0 amide bonds. The van der Waals surface area contributed by atoms with Crippen molar-refractivity contribution >= 4 is 17.1 Å². The molecule has 2 fully saturated rings. The van der Waals surface area contributed by atoms with Gasteiger partial charge in [0.25, 0.3) is 6.01 Å². The summed E-state index contributed by atoms with van der Waals surface area (Å²) in [7, 11) is 0. The number of ether oxygens (including phenoxy) is 1. The van der Waals surface area contributed by atoms with E-state index in [0.29, 0.717) is 35.7 Å². The molecule has 4 rings (SSSR count). The second-order valence-corrected chi connectivity index (χ2v) is 5.28. The van der Waals surface area contributed by atoms with Crippen LogP contribution in [-0.2, 0) is 4.74 Å². The summed E-state index contributed by atoms with van der Waals surface area (Å²) >= 11 is 0. The van der Waals surface area contributed by atoms with Crippen molar-refractivity contribution < 1.29 is 13.5 Å². The number of morpholine rings is 1. The molecule has 100 valence electrons. The molecular formula is C14H15FN2O2. The van der Waals surface area contributed by atoms with E-state index < -0.39 is 0 Å². The minimum Gasteiger partial charge on any atom is -0.423 e. The van der Waals surface area contributed by atoms with Crippen molar-refractivity contribution in [2.75, 3.05) is 24.7 Å². The zero-order chi connectivity index (χ0) is 12.8. The standard InChI is InChI=1S/C14H15FN2O2/c15-10-3-4-13-11(7-10)16-14(19-13)17-5-6-18-8-12(17)9-1-2-9/h3-4,7,9,12H,1-2,5-6,8H2/t12-/m1/s1. The molecule has 1 saturated heterocycles. The highest BCUT2D eigenvalue weighted by molar-refractivity contribution is 5.74. The van der Waals surface area contributed by atoms with Gasteiger partial charge in [0.15, 0.2) is 5.58 Å². The molecular weight excluding hydrogens is 247 g/mol. The quantitative estimate of drug-likeness (QED) is 0.833. The third-order valence-electron chi connectivity index (χ3n) is 3.92. The predicted molar refractivity (Wildman–Crippen MR) is 68.6 cm³/mol. The topological polar surface area (TPSA) is 38.5 Å². The lowest BCUT2D eigenvalue weighted by Crippen LogP contribution is -2.47. The fourth-order valence-corrected chi connectivity index (χ4v) is 2.74. The number of benzene rings is 1. The van der Waals surface area contributed by atoms with Crippen LogP contribution in [0.25, 0.3) is 11.1 Å². The summed E-state index contributed by atoms with van der Waals surface area (Å²) in [6.07, 6.45) is 2.50. The van der Waals surface area contributed by atoms with Gasteiger partial charge in [-0.05, 0) is 30.9 Å². The van der Waals surface area contributed by atoms with E-state index in [4.69, 9.17) is 9.15 Å². The average molecular weight is 262 g/mol. The molecule has 2 aromatic rings. The highest BCUT2D eigenvalue weighted by Crippen LogP contribution is 2.38. The molecule has 0 spiro atoms. The first-order chi connectivity index (χ1) is 9.31. The fourth-order valence-electron chi connectivity index (χ4n) is 2.74. The van der Waals surface area contributed by atoms with Crippen LogP contribution < -0.4 is 4.90 Å². The molecule has 5 heteroatoms. The number of hydrogen-bond donors (Lipinski definition) is 0. The van der Waals surface area contributed by atoms with Crippen LogP contribution in [-0.4, -0.2) is 30.8 Å². The van der Waals surface area contributed by atoms with E-state index in [1.807, 2.05) is 0 Å². The smallest absolute Gasteiger partial charge is 0.298 e. The summed E-state index contributed by atoms with van der Waals surface area (Å²) in [5, 5.41) is 0. The minimum atomic E-state index is -0.284. The van der Waals surface area contributed by atoms with Gasteiger partial charge < -0.3 is 14.1 Å². The first-order valence-corrected chi connectivity index (χ1v) is 6.72. The second kappa shape index (κ2) is 4.20. The molecule has 19 heavy (non-hydrogen) atoms. The maximum Gasteiger partial charge on any atom is 0.298 e. The first-order valence-electron chi connectivity index (χ1n) is 6.72. The molecule has 1 atom stereocenters. The molecule has 2 aliphatic rings. The van der Waals surface area contributed by atoms with E-state index in [1.54, 1.807) is 6.07 Å². The van der Waals surface area contributed by atoms with Crippen molar-refractivity contribution in [3.63, 3.8) is 0 Å². The summed E-state index contributed by atoms with van der Waals surface area (Å²) in [6, 6.07) is 5.39. The van der Waals surface area contributed by atoms with E-state index in [9.17, 15) is 4.39 Å². The third kappa shape index (κ3) is 1.98. The van der Waals surface area contributed by atoms with Crippen LogP contribution in [0.5, 0.6) is 0 Å². The Kier molecular flexibility index (Phi) is 2.48. The molecule has 1 saturated carbocycles. The zero-order valence-electron chi connectivity index (χ0n) is 10.5. The van der Waals surface area contributed by atoms with Crippen molar-refractivity contribution in [1.82, 2.24) is 4.98 Å². The van der Waals surface area contributed by atoms with E-state index in [1.165, 1.54) is 25.0 Å². The Hall–Kier alpha value is -1.62. The van der Waals surface area contributed by atoms with Crippen molar-refractivity contribution in [2.45, 2.75) is 18.9 Å². The van der Waals surface area contributed by atoms with Crippen LogP contribution >= 0.6 is 0 Å². The summed E-state index contributed by atoms with van der Waals surface area (Å²) < 4.78 is 24.5. The molecule has 0 unspecified atom stereocenters. The van der Waals surface area contributed by atoms with E-state index in [-0.39, 0.29) is 5.82 Å². The highest BCUT2D eigenvalue weighted by Gasteiger charge is 2.39. The Morgan fingerprint density at radius 2 is 2.21 bits per heavy atom. The van der Waals surface area contributed by atoms with Gasteiger partial charge in [0.1, 0.15) is 11.3 Å². The van der Waals surface area contributed by atoms with Crippen molar-refractivity contribution in [1.29, 1.82) is 0 Å². The molecule has 1 aromatic carbocycles. The van der Waals surface area contributed by atoms with Gasteiger partial charge in [-0.3, -0.25) is 0 Å². The van der Waals surface area contributed by atoms with Gasteiger partial charge in [-0.25, -0.2) is 4.39 Å². The molecule has 0 bridgehead atoms. The van der Waals surface area contributed by atoms with Crippen LogP contribution in [0.3, 0.4) is 0 Å². The lowest BCUT2D eigenvalue weighted by atomic mass is 10.1. The van der Waals surface area contributed by atoms with Gasteiger partial charge in [0.05, 0.1) is 19.3 Å². The SMILES string of the molecule is Fc1ccc2oc(N3CCOC[C@@H]3C3CC3)nc2c1. The molecule has 4 nitrogen and oxygen atoms in total. The molecule has 0 N–H and O–H groups in total. The summed E-state index contributed by atoms with van der Waals surface area (Å²) in [4.78, 5) is 6.60. The van der Waals surface area contributed by atoms with Crippen molar-refractivity contribution in [2.24, 2.45) is 5.92 Å². The maximum absolute atomic E-state index is 13.2. The molecule has 0 radical (unpaired) electrons. The van der Waals surface area contributed by atoms with E-state index in [2.05, 4.69) is 9.88 Å². The zero-order valence-corrected chi connectivity index (χ0v) is 10.5. The van der Waals surface area contributed by atoms with Gasteiger partial charge >= 0.3 is 0 Å². The Bertz CT molecular complexity index is 609. The Morgan fingerprint density at radius 1 is 1.32 bits per heavy atom. The van der Waals surface area contributed by atoms with Crippen molar-refractivity contribution in [3.05, 3.63) is 24.0 Å².